The number of halogens is 2. The third-order valence-corrected chi connectivity index (χ3v) is 4.34. The van der Waals surface area contributed by atoms with E-state index in [-0.39, 0.29) is 17.1 Å². The number of para-hydroxylation sites is 1. The number of amides is 2. The summed E-state index contributed by atoms with van der Waals surface area (Å²) in [5, 5.41) is 11.7. The molecule has 1 aliphatic carbocycles. The third kappa shape index (κ3) is 3.55. The number of rotatable bonds is 5. The number of ether oxygens (including phenoxy) is 1. The third-order valence-electron chi connectivity index (χ3n) is 3.49. The minimum Gasteiger partial charge on any atom is -0.496 e. The van der Waals surface area contributed by atoms with E-state index in [1.807, 2.05) is 24.3 Å². The summed E-state index contributed by atoms with van der Waals surface area (Å²) < 4.78 is 30.1. The molecule has 0 saturated heterocycles. The number of hydrogen-bond acceptors (Lipinski definition) is 5. The number of alkyl halides is 2. The summed E-state index contributed by atoms with van der Waals surface area (Å²) in [6.45, 7) is 0. The van der Waals surface area contributed by atoms with Crippen LogP contribution in [0.25, 0.3) is 0 Å². The number of benzene rings is 1. The van der Waals surface area contributed by atoms with Crippen LogP contribution < -0.4 is 15.4 Å². The number of nitrogens with one attached hydrogen (secondary N) is 2. The normalized spacial score (nSPS) is 19.5. The summed E-state index contributed by atoms with van der Waals surface area (Å²) in [6, 6.07) is 7.13. The van der Waals surface area contributed by atoms with Crippen LogP contribution in [0.1, 0.15) is 29.3 Å². The lowest BCUT2D eigenvalue weighted by Gasteiger charge is -2.08. The molecule has 0 bridgehead atoms. The van der Waals surface area contributed by atoms with Crippen LogP contribution in [0.2, 0.25) is 0 Å². The molecule has 1 aromatic heterocycles. The molecule has 2 aromatic rings. The summed E-state index contributed by atoms with van der Waals surface area (Å²) >= 11 is 0.656. The van der Waals surface area contributed by atoms with Gasteiger partial charge >= 0.3 is 6.03 Å². The SMILES string of the molecule is COc1ccccc1C1CC1NC(=O)Nc1nnc(C(F)F)s1. The van der Waals surface area contributed by atoms with Crippen molar-refractivity contribution in [3.63, 3.8) is 0 Å². The lowest BCUT2D eigenvalue weighted by molar-refractivity contribution is 0.150. The van der Waals surface area contributed by atoms with Gasteiger partial charge in [0.2, 0.25) is 5.13 Å². The van der Waals surface area contributed by atoms with Crippen LogP contribution in [-0.4, -0.2) is 29.4 Å². The monoisotopic (exact) mass is 340 g/mol. The van der Waals surface area contributed by atoms with E-state index in [0.29, 0.717) is 11.3 Å². The molecule has 0 spiro atoms. The fraction of sp³-hybridized carbons (Fsp3) is 0.357. The molecule has 1 fully saturated rings. The first-order chi connectivity index (χ1) is 11.1. The van der Waals surface area contributed by atoms with Crippen LogP contribution >= 0.6 is 11.3 Å². The van der Waals surface area contributed by atoms with Gasteiger partial charge in [-0.15, -0.1) is 10.2 Å². The number of methoxy groups -OCH3 is 1. The Labute approximate surface area is 134 Å². The molecule has 0 radical (unpaired) electrons. The van der Waals surface area contributed by atoms with Crippen molar-refractivity contribution in [2.75, 3.05) is 12.4 Å². The maximum Gasteiger partial charge on any atom is 0.321 e. The molecule has 6 nitrogen and oxygen atoms in total. The van der Waals surface area contributed by atoms with Gasteiger partial charge < -0.3 is 10.1 Å². The zero-order chi connectivity index (χ0) is 16.4. The van der Waals surface area contributed by atoms with Gasteiger partial charge in [0.1, 0.15) is 5.75 Å². The van der Waals surface area contributed by atoms with Gasteiger partial charge in [-0.05, 0) is 18.1 Å². The van der Waals surface area contributed by atoms with Gasteiger partial charge in [0, 0.05) is 12.0 Å². The molecule has 122 valence electrons. The summed E-state index contributed by atoms with van der Waals surface area (Å²) in [7, 11) is 1.60. The number of urea groups is 1. The van der Waals surface area contributed by atoms with E-state index in [1.54, 1.807) is 7.11 Å². The van der Waals surface area contributed by atoms with Crippen LogP contribution in [-0.2, 0) is 0 Å². The maximum absolute atomic E-state index is 12.4. The molecule has 1 aliphatic rings. The largest absolute Gasteiger partial charge is 0.496 e. The summed E-state index contributed by atoms with van der Waals surface area (Å²) in [5.74, 6) is 0.968. The predicted octanol–water partition coefficient (Wildman–Crippen LogP) is 3.16. The molecule has 0 aliphatic heterocycles. The quantitative estimate of drug-likeness (QED) is 0.877. The van der Waals surface area contributed by atoms with Gasteiger partial charge in [-0.25, -0.2) is 13.6 Å². The Morgan fingerprint density at radius 1 is 1.39 bits per heavy atom. The van der Waals surface area contributed by atoms with Crippen LogP contribution in [0, 0.1) is 0 Å². The molecule has 2 amide bonds. The highest BCUT2D eigenvalue weighted by atomic mass is 32.1. The van der Waals surface area contributed by atoms with Crippen LogP contribution in [0.15, 0.2) is 24.3 Å². The zero-order valence-corrected chi connectivity index (χ0v) is 12.9. The predicted molar refractivity (Wildman–Crippen MR) is 81.2 cm³/mol. The highest BCUT2D eigenvalue weighted by Crippen LogP contribution is 2.44. The number of carbonyl (C=O) groups excluding carboxylic acids is 1. The van der Waals surface area contributed by atoms with Crippen molar-refractivity contribution in [3.8, 4) is 5.75 Å². The maximum atomic E-state index is 12.4. The molecular formula is C14H14F2N4O2S. The number of carbonyl (C=O) groups is 1. The molecular weight excluding hydrogens is 326 g/mol. The molecule has 1 heterocycles. The van der Waals surface area contributed by atoms with Crippen molar-refractivity contribution in [2.24, 2.45) is 0 Å². The summed E-state index contributed by atoms with van der Waals surface area (Å²) in [5.41, 5.74) is 1.04. The Morgan fingerprint density at radius 3 is 2.87 bits per heavy atom. The second kappa shape index (κ2) is 6.45. The average molecular weight is 340 g/mol. The highest BCUT2D eigenvalue weighted by molar-refractivity contribution is 7.15. The first-order valence-electron chi connectivity index (χ1n) is 6.90. The summed E-state index contributed by atoms with van der Waals surface area (Å²) in [4.78, 5) is 11.9. The van der Waals surface area contributed by atoms with E-state index < -0.39 is 17.5 Å². The standard InChI is InChI=1S/C14H14F2N4O2S/c1-22-10-5-3-2-4-7(10)8-6-9(8)17-13(21)18-14-20-19-12(23-14)11(15)16/h2-5,8-9,11H,6H2,1H3,(H2,17,18,20,21). The Hall–Kier alpha value is -2.29. The van der Waals surface area contributed by atoms with E-state index in [4.69, 9.17) is 4.74 Å². The first-order valence-corrected chi connectivity index (χ1v) is 7.72. The van der Waals surface area contributed by atoms with Crippen molar-refractivity contribution in [1.29, 1.82) is 0 Å². The van der Waals surface area contributed by atoms with E-state index in [9.17, 15) is 13.6 Å². The zero-order valence-electron chi connectivity index (χ0n) is 12.1. The van der Waals surface area contributed by atoms with Crippen molar-refractivity contribution in [3.05, 3.63) is 34.8 Å². The van der Waals surface area contributed by atoms with E-state index in [1.165, 1.54) is 0 Å². The van der Waals surface area contributed by atoms with Gasteiger partial charge in [0.05, 0.1) is 7.11 Å². The first kappa shape index (κ1) is 15.6. The van der Waals surface area contributed by atoms with E-state index in [2.05, 4.69) is 20.8 Å². The molecule has 2 atom stereocenters. The molecule has 1 saturated carbocycles. The van der Waals surface area contributed by atoms with Crippen molar-refractivity contribution in [1.82, 2.24) is 15.5 Å². The number of hydrogen-bond donors (Lipinski definition) is 2. The topological polar surface area (TPSA) is 76.1 Å². The van der Waals surface area contributed by atoms with Crippen LogP contribution in [0.4, 0.5) is 18.7 Å². The number of aromatic nitrogens is 2. The molecule has 2 unspecified atom stereocenters. The second-order valence-corrected chi connectivity index (χ2v) is 6.04. The number of anilines is 1. The van der Waals surface area contributed by atoms with Gasteiger partial charge in [-0.2, -0.15) is 0 Å². The Bertz CT molecular complexity index is 710. The second-order valence-electron chi connectivity index (χ2n) is 5.04. The van der Waals surface area contributed by atoms with Crippen LogP contribution in [0.3, 0.4) is 0 Å². The van der Waals surface area contributed by atoms with E-state index >= 15 is 0 Å². The molecule has 9 heteroatoms. The summed E-state index contributed by atoms with van der Waals surface area (Å²) in [6.07, 6.45) is -1.89. The fourth-order valence-corrected chi connectivity index (χ4v) is 2.94. The van der Waals surface area contributed by atoms with Gasteiger partial charge in [-0.3, -0.25) is 5.32 Å². The Balaban J connectivity index is 1.55. The van der Waals surface area contributed by atoms with Gasteiger partial charge in [-0.1, -0.05) is 29.5 Å². The molecule has 1 aromatic carbocycles. The Morgan fingerprint density at radius 2 is 2.17 bits per heavy atom. The average Bonchev–Trinajstić information content (AvgIpc) is 3.12. The van der Waals surface area contributed by atoms with Crippen molar-refractivity contribution < 1.29 is 18.3 Å². The number of nitrogens with zero attached hydrogens (tertiary/aromatic N) is 2. The highest BCUT2D eigenvalue weighted by Gasteiger charge is 2.41. The van der Waals surface area contributed by atoms with Crippen molar-refractivity contribution in [2.45, 2.75) is 24.8 Å². The molecule has 23 heavy (non-hydrogen) atoms. The molecule has 3 rings (SSSR count). The van der Waals surface area contributed by atoms with Gasteiger partial charge in [0.15, 0.2) is 5.01 Å². The Kier molecular flexibility index (Phi) is 4.37. The van der Waals surface area contributed by atoms with Gasteiger partial charge in [0.25, 0.3) is 6.43 Å². The van der Waals surface area contributed by atoms with Crippen molar-refractivity contribution >= 4 is 22.5 Å². The lowest BCUT2D eigenvalue weighted by atomic mass is 10.1. The minimum absolute atomic E-state index is 0.0196. The fourth-order valence-electron chi connectivity index (χ4n) is 2.35. The van der Waals surface area contributed by atoms with E-state index in [0.717, 1.165) is 17.7 Å². The molecule has 2 N–H and O–H groups in total. The lowest BCUT2D eigenvalue weighted by Crippen LogP contribution is -2.31. The smallest absolute Gasteiger partial charge is 0.321 e. The van der Waals surface area contributed by atoms with Crippen LogP contribution in [0.5, 0.6) is 5.75 Å². The minimum atomic E-state index is -2.69.